The molecule has 0 spiro atoms. The van der Waals surface area contributed by atoms with Crippen molar-refractivity contribution in [2.45, 2.75) is 18.5 Å². The fraction of sp³-hybridized carbons (Fsp3) is 0.455. The van der Waals surface area contributed by atoms with E-state index in [1.54, 1.807) is 0 Å². The van der Waals surface area contributed by atoms with Crippen LogP contribution in [0.5, 0.6) is 0 Å². The van der Waals surface area contributed by atoms with Crippen molar-refractivity contribution in [2.75, 3.05) is 13.2 Å². The van der Waals surface area contributed by atoms with Crippen LogP contribution < -0.4 is 0 Å². The molecule has 0 N–H and O–H groups in total. The van der Waals surface area contributed by atoms with Gasteiger partial charge in [-0.15, -0.1) is 0 Å². The summed E-state index contributed by atoms with van der Waals surface area (Å²) in [6.45, 7) is 0.118. The zero-order valence-electron chi connectivity index (χ0n) is 9.39. The maximum absolute atomic E-state index is 11.1. The molecule has 0 unspecified atom stereocenters. The summed E-state index contributed by atoms with van der Waals surface area (Å²) < 4.78 is 42.6. The van der Waals surface area contributed by atoms with Gasteiger partial charge in [-0.1, -0.05) is 30.3 Å². The molecule has 1 aromatic carbocycles. The molecule has 18 heavy (non-hydrogen) atoms. The van der Waals surface area contributed by atoms with Crippen molar-refractivity contribution in [3.8, 4) is 0 Å². The van der Waals surface area contributed by atoms with Crippen molar-refractivity contribution in [3.63, 3.8) is 0 Å². The van der Waals surface area contributed by atoms with Gasteiger partial charge in [0.2, 0.25) is 0 Å². The van der Waals surface area contributed by atoms with Gasteiger partial charge in [0.05, 0.1) is 13.2 Å². The van der Waals surface area contributed by atoms with Crippen molar-refractivity contribution in [2.24, 2.45) is 0 Å². The lowest BCUT2D eigenvalue weighted by Crippen LogP contribution is -2.49. The first-order chi connectivity index (χ1) is 8.64. The normalized spacial score (nSPS) is 34.8. The zero-order chi connectivity index (χ0) is 12.6. The molecule has 98 valence electrons. The number of hydrogen-bond donors (Lipinski definition) is 0. The van der Waals surface area contributed by atoms with E-state index in [1.165, 1.54) is 0 Å². The molecule has 2 aliphatic rings. The maximum atomic E-state index is 11.1. The lowest BCUT2D eigenvalue weighted by atomic mass is 10.1. The third-order valence-electron chi connectivity index (χ3n) is 2.81. The highest BCUT2D eigenvalue weighted by molar-refractivity contribution is 7.81. The number of fused-ring (bicyclic) bond motifs is 1. The van der Waals surface area contributed by atoms with Crippen LogP contribution in [0.3, 0.4) is 0 Å². The van der Waals surface area contributed by atoms with Crippen LogP contribution >= 0.6 is 0 Å². The molecule has 2 saturated heterocycles. The van der Waals surface area contributed by atoms with E-state index in [2.05, 4.69) is 4.18 Å². The van der Waals surface area contributed by atoms with Crippen LogP contribution in [0, 0.1) is 0 Å². The summed E-state index contributed by atoms with van der Waals surface area (Å²) in [7, 11) is -3.90. The van der Waals surface area contributed by atoms with E-state index in [4.69, 9.17) is 13.7 Å². The minimum Gasteiger partial charge on any atom is -0.346 e. The molecule has 7 heteroatoms. The molecule has 2 heterocycles. The summed E-state index contributed by atoms with van der Waals surface area (Å²) in [5.41, 5.74) is 0.879. The van der Waals surface area contributed by atoms with Crippen LogP contribution in [-0.4, -0.2) is 33.8 Å². The van der Waals surface area contributed by atoms with Crippen LogP contribution in [0.2, 0.25) is 0 Å². The Labute approximate surface area is 105 Å². The minimum atomic E-state index is -3.90. The fourth-order valence-corrected chi connectivity index (χ4v) is 2.76. The summed E-state index contributed by atoms with van der Waals surface area (Å²) in [5.74, 6) is 0. The molecule has 0 bridgehead atoms. The predicted octanol–water partition coefficient (Wildman–Crippen LogP) is 0.761. The number of rotatable bonds is 1. The largest absolute Gasteiger partial charge is 0.400 e. The van der Waals surface area contributed by atoms with Gasteiger partial charge in [0, 0.05) is 5.56 Å². The highest BCUT2D eigenvalue weighted by Crippen LogP contribution is 2.30. The Morgan fingerprint density at radius 2 is 1.83 bits per heavy atom. The molecular weight excluding hydrogens is 260 g/mol. The average molecular weight is 272 g/mol. The second kappa shape index (κ2) is 4.60. The summed E-state index contributed by atoms with van der Waals surface area (Å²) in [6, 6.07) is 9.42. The van der Waals surface area contributed by atoms with E-state index < -0.39 is 28.9 Å². The number of benzene rings is 1. The van der Waals surface area contributed by atoms with Gasteiger partial charge in [0.1, 0.15) is 12.2 Å². The number of hydrogen-bond acceptors (Lipinski definition) is 6. The Kier molecular flexibility index (Phi) is 3.08. The van der Waals surface area contributed by atoms with Gasteiger partial charge < -0.3 is 9.47 Å². The van der Waals surface area contributed by atoms with E-state index in [0.29, 0.717) is 0 Å². The van der Waals surface area contributed by atoms with Gasteiger partial charge in [-0.2, -0.15) is 8.42 Å². The van der Waals surface area contributed by atoms with Crippen LogP contribution in [0.1, 0.15) is 11.9 Å². The van der Waals surface area contributed by atoms with Gasteiger partial charge in [0.25, 0.3) is 0 Å². The predicted molar refractivity (Wildman–Crippen MR) is 59.8 cm³/mol. The van der Waals surface area contributed by atoms with Crippen molar-refractivity contribution < 1.29 is 26.3 Å². The third-order valence-corrected chi connectivity index (χ3v) is 3.72. The first-order valence-corrected chi connectivity index (χ1v) is 6.87. The van der Waals surface area contributed by atoms with Crippen molar-refractivity contribution in [3.05, 3.63) is 35.9 Å². The van der Waals surface area contributed by atoms with Gasteiger partial charge in [0.15, 0.2) is 6.29 Å². The van der Waals surface area contributed by atoms with Gasteiger partial charge in [-0.05, 0) is 0 Å². The monoisotopic (exact) mass is 272 g/mol. The summed E-state index contributed by atoms with van der Waals surface area (Å²) in [4.78, 5) is 0. The van der Waals surface area contributed by atoms with E-state index in [9.17, 15) is 8.42 Å². The van der Waals surface area contributed by atoms with Crippen molar-refractivity contribution in [1.82, 2.24) is 0 Å². The first-order valence-electron chi connectivity index (χ1n) is 5.54. The van der Waals surface area contributed by atoms with Crippen molar-refractivity contribution in [1.29, 1.82) is 0 Å². The molecule has 3 rings (SSSR count). The zero-order valence-corrected chi connectivity index (χ0v) is 10.2. The quantitative estimate of drug-likeness (QED) is 0.751. The average Bonchev–Trinajstić information content (AvgIpc) is 2.38. The standard InChI is InChI=1S/C11H12O6S/c12-18(13)15-7-9-10(17-18)6-14-11(16-9)8-4-2-1-3-5-8/h1-5,9-11H,6-7H2/t9-,10+,11-/m1/s1. The van der Waals surface area contributed by atoms with E-state index in [0.717, 1.165) is 5.56 Å². The lowest BCUT2D eigenvalue weighted by Gasteiger charge is -2.37. The van der Waals surface area contributed by atoms with E-state index in [-0.39, 0.29) is 13.2 Å². The van der Waals surface area contributed by atoms with Gasteiger partial charge in [-0.3, -0.25) is 0 Å². The summed E-state index contributed by atoms with van der Waals surface area (Å²) in [6.07, 6.45) is -1.59. The Morgan fingerprint density at radius 3 is 2.61 bits per heavy atom. The molecule has 2 aliphatic heterocycles. The minimum absolute atomic E-state index is 0.0420. The second-order valence-corrected chi connectivity index (χ2v) is 5.32. The number of ether oxygens (including phenoxy) is 2. The maximum Gasteiger partial charge on any atom is 0.400 e. The van der Waals surface area contributed by atoms with E-state index >= 15 is 0 Å². The Bertz CT molecular complexity index is 514. The molecule has 0 aliphatic carbocycles. The fourth-order valence-electron chi connectivity index (χ4n) is 1.93. The van der Waals surface area contributed by atoms with Crippen LogP contribution in [-0.2, 0) is 28.2 Å². The highest BCUT2D eigenvalue weighted by Gasteiger charge is 2.41. The molecule has 0 radical (unpaired) electrons. The molecule has 6 nitrogen and oxygen atoms in total. The third kappa shape index (κ3) is 2.40. The summed E-state index contributed by atoms with van der Waals surface area (Å²) >= 11 is 0. The topological polar surface area (TPSA) is 71.1 Å². The van der Waals surface area contributed by atoms with Crippen LogP contribution in [0.15, 0.2) is 30.3 Å². The Balaban J connectivity index is 1.72. The molecule has 2 fully saturated rings. The summed E-state index contributed by atoms with van der Waals surface area (Å²) in [5, 5.41) is 0. The van der Waals surface area contributed by atoms with Crippen LogP contribution in [0.25, 0.3) is 0 Å². The Morgan fingerprint density at radius 1 is 1.06 bits per heavy atom. The first kappa shape index (κ1) is 12.1. The SMILES string of the molecule is O=S1(=O)OC[C@H]2O[C@H](c3ccccc3)OC[C@@H]2O1. The Hall–Kier alpha value is -0.990. The van der Waals surface area contributed by atoms with Crippen molar-refractivity contribution >= 4 is 10.4 Å². The molecule has 3 atom stereocenters. The van der Waals surface area contributed by atoms with Gasteiger partial charge in [-0.25, -0.2) is 8.37 Å². The molecular formula is C11H12O6S. The van der Waals surface area contributed by atoms with Gasteiger partial charge >= 0.3 is 10.4 Å². The van der Waals surface area contributed by atoms with Crippen LogP contribution in [0.4, 0.5) is 0 Å². The second-order valence-electron chi connectivity index (χ2n) is 4.08. The lowest BCUT2D eigenvalue weighted by molar-refractivity contribution is -0.264. The molecule has 1 aromatic rings. The smallest absolute Gasteiger partial charge is 0.346 e. The molecule has 0 amide bonds. The van der Waals surface area contributed by atoms with E-state index in [1.807, 2.05) is 30.3 Å². The molecule has 0 aromatic heterocycles. The highest BCUT2D eigenvalue weighted by atomic mass is 32.3. The molecule has 0 saturated carbocycles.